The number of thiophene rings is 1. The van der Waals surface area contributed by atoms with E-state index in [9.17, 15) is 0 Å². The van der Waals surface area contributed by atoms with Gasteiger partial charge < -0.3 is 5.73 Å². The lowest BCUT2D eigenvalue weighted by atomic mass is 10.00. The van der Waals surface area contributed by atoms with E-state index in [2.05, 4.69) is 51.8 Å². The molecule has 0 fully saturated rings. The zero-order valence-electron chi connectivity index (χ0n) is 6.97. The van der Waals surface area contributed by atoms with Crippen molar-refractivity contribution in [1.82, 2.24) is 0 Å². The predicted molar refractivity (Wildman–Crippen MR) is 61.5 cm³/mol. The van der Waals surface area contributed by atoms with Crippen LogP contribution < -0.4 is 5.73 Å². The van der Waals surface area contributed by atoms with Crippen LogP contribution in [0.2, 0.25) is 0 Å². The van der Waals surface area contributed by atoms with Gasteiger partial charge in [0.2, 0.25) is 0 Å². The van der Waals surface area contributed by atoms with Gasteiger partial charge in [-0.25, -0.2) is 0 Å². The monoisotopic (exact) mass is 311 g/mol. The van der Waals surface area contributed by atoms with E-state index >= 15 is 0 Å². The molecule has 0 amide bonds. The minimum atomic E-state index is 0.127. The van der Waals surface area contributed by atoms with Crippen LogP contribution in [0.3, 0.4) is 0 Å². The number of halogens is 2. The summed E-state index contributed by atoms with van der Waals surface area (Å²) in [5, 5.41) is 0. The molecule has 1 unspecified atom stereocenters. The minimum Gasteiger partial charge on any atom is -0.324 e. The minimum absolute atomic E-state index is 0.127. The molecule has 1 aromatic rings. The highest BCUT2D eigenvalue weighted by Crippen LogP contribution is 2.36. The molecule has 2 N–H and O–H groups in total. The Bertz CT molecular complexity index is 270. The van der Waals surface area contributed by atoms with Crippen molar-refractivity contribution in [3.05, 3.63) is 19.2 Å². The van der Waals surface area contributed by atoms with E-state index in [1.54, 1.807) is 11.3 Å². The molecule has 4 heteroatoms. The molecule has 0 radical (unpaired) electrons. The van der Waals surface area contributed by atoms with Gasteiger partial charge in [0.25, 0.3) is 0 Å². The number of hydrogen-bond donors (Lipinski definition) is 1. The van der Waals surface area contributed by atoms with Crippen molar-refractivity contribution in [3.63, 3.8) is 0 Å². The second-order valence-corrected chi connectivity index (χ2v) is 6.80. The van der Waals surface area contributed by atoms with E-state index in [1.807, 2.05) is 0 Å². The van der Waals surface area contributed by atoms with Gasteiger partial charge in [0.1, 0.15) is 0 Å². The van der Waals surface area contributed by atoms with Crippen LogP contribution in [0.15, 0.2) is 13.6 Å². The molecular weight excluding hydrogens is 302 g/mol. The Labute approximate surface area is 93.6 Å². The lowest BCUT2D eigenvalue weighted by Crippen LogP contribution is -2.16. The molecule has 0 saturated carbocycles. The fourth-order valence-electron chi connectivity index (χ4n) is 0.939. The van der Waals surface area contributed by atoms with E-state index in [1.165, 1.54) is 5.56 Å². The average Bonchev–Trinajstić information content (AvgIpc) is 2.28. The third-order valence-corrected chi connectivity index (χ3v) is 4.15. The van der Waals surface area contributed by atoms with Crippen LogP contribution in [-0.4, -0.2) is 0 Å². The summed E-state index contributed by atoms with van der Waals surface area (Å²) < 4.78 is 2.26. The van der Waals surface area contributed by atoms with Crippen LogP contribution in [0.1, 0.15) is 25.5 Å². The lowest BCUT2D eigenvalue weighted by Gasteiger charge is -2.14. The van der Waals surface area contributed by atoms with Crippen molar-refractivity contribution in [1.29, 1.82) is 0 Å². The van der Waals surface area contributed by atoms with Gasteiger partial charge in [-0.2, -0.15) is 0 Å². The van der Waals surface area contributed by atoms with Crippen molar-refractivity contribution in [2.45, 2.75) is 19.9 Å². The van der Waals surface area contributed by atoms with Gasteiger partial charge in [-0.3, -0.25) is 0 Å². The fraction of sp³-hybridized carbons (Fsp3) is 0.500. The SMILES string of the molecule is CC(C)C(N)c1cc(Br)sc1Br. The van der Waals surface area contributed by atoms with Gasteiger partial charge in [-0.1, -0.05) is 13.8 Å². The van der Waals surface area contributed by atoms with Crippen molar-refractivity contribution >= 4 is 43.2 Å². The second-order valence-electron chi connectivity index (χ2n) is 3.05. The molecule has 12 heavy (non-hydrogen) atoms. The third-order valence-electron chi connectivity index (χ3n) is 1.76. The first-order valence-corrected chi connectivity index (χ1v) is 6.13. The standard InChI is InChI=1S/C8H11Br2NS/c1-4(2)7(11)5-3-6(9)12-8(5)10/h3-4,7H,11H2,1-2H3. The molecule has 0 aliphatic carbocycles. The molecule has 0 aromatic carbocycles. The first kappa shape index (κ1) is 10.7. The van der Waals surface area contributed by atoms with Crippen LogP contribution in [0.25, 0.3) is 0 Å². The summed E-state index contributed by atoms with van der Waals surface area (Å²) in [6.45, 7) is 4.26. The molecule has 0 aliphatic rings. The van der Waals surface area contributed by atoms with E-state index in [4.69, 9.17) is 5.73 Å². The Balaban J connectivity index is 2.94. The maximum absolute atomic E-state index is 6.01. The fourth-order valence-corrected chi connectivity index (χ4v) is 3.90. The summed E-state index contributed by atoms with van der Waals surface area (Å²) in [7, 11) is 0. The first-order chi connectivity index (χ1) is 5.52. The summed E-state index contributed by atoms with van der Waals surface area (Å²) in [6, 6.07) is 2.21. The van der Waals surface area contributed by atoms with Crippen molar-refractivity contribution in [2.24, 2.45) is 11.7 Å². The van der Waals surface area contributed by atoms with Gasteiger partial charge in [-0.15, -0.1) is 11.3 Å². The molecule has 0 aliphatic heterocycles. The van der Waals surface area contributed by atoms with Crippen molar-refractivity contribution in [2.75, 3.05) is 0 Å². The van der Waals surface area contributed by atoms with Crippen LogP contribution in [-0.2, 0) is 0 Å². The molecule has 1 atom stereocenters. The first-order valence-electron chi connectivity index (χ1n) is 3.72. The number of nitrogens with two attached hydrogens (primary N) is 1. The quantitative estimate of drug-likeness (QED) is 0.879. The van der Waals surface area contributed by atoms with E-state index in [0.29, 0.717) is 5.92 Å². The normalized spacial score (nSPS) is 13.8. The van der Waals surface area contributed by atoms with Crippen molar-refractivity contribution in [3.8, 4) is 0 Å². The maximum Gasteiger partial charge on any atom is 0.0758 e. The third kappa shape index (κ3) is 2.31. The largest absolute Gasteiger partial charge is 0.324 e. The Morgan fingerprint density at radius 1 is 1.42 bits per heavy atom. The maximum atomic E-state index is 6.01. The highest BCUT2D eigenvalue weighted by atomic mass is 79.9. The Hall–Kier alpha value is 0.620. The molecule has 0 bridgehead atoms. The molecule has 0 spiro atoms. The Kier molecular flexibility index (Phi) is 3.76. The van der Waals surface area contributed by atoms with Crippen LogP contribution in [0.5, 0.6) is 0 Å². The topological polar surface area (TPSA) is 26.0 Å². The van der Waals surface area contributed by atoms with Gasteiger partial charge in [0.05, 0.1) is 7.57 Å². The lowest BCUT2D eigenvalue weighted by molar-refractivity contribution is 0.514. The zero-order valence-corrected chi connectivity index (χ0v) is 11.0. The van der Waals surface area contributed by atoms with E-state index in [0.717, 1.165) is 7.57 Å². The van der Waals surface area contributed by atoms with Crippen molar-refractivity contribution < 1.29 is 0 Å². The van der Waals surface area contributed by atoms with Gasteiger partial charge in [0, 0.05) is 6.04 Å². The summed E-state index contributed by atoms with van der Waals surface area (Å²) in [4.78, 5) is 0. The van der Waals surface area contributed by atoms with Gasteiger partial charge in [0.15, 0.2) is 0 Å². The van der Waals surface area contributed by atoms with Gasteiger partial charge in [-0.05, 0) is 49.4 Å². The van der Waals surface area contributed by atoms with Crippen LogP contribution in [0, 0.1) is 5.92 Å². The number of rotatable bonds is 2. The predicted octanol–water partition coefficient (Wildman–Crippen LogP) is 3.93. The van der Waals surface area contributed by atoms with Crippen LogP contribution >= 0.6 is 43.2 Å². The Morgan fingerprint density at radius 2 is 2.00 bits per heavy atom. The van der Waals surface area contributed by atoms with Gasteiger partial charge >= 0.3 is 0 Å². The zero-order chi connectivity index (χ0) is 9.30. The summed E-state index contributed by atoms with van der Waals surface area (Å²) in [5.41, 5.74) is 7.20. The highest BCUT2D eigenvalue weighted by molar-refractivity contribution is 9.12. The smallest absolute Gasteiger partial charge is 0.0758 e. The molecule has 1 aromatic heterocycles. The molecular formula is C8H11Br2NS. The van der Waals surface area contributed by atoms with E-state index < -0.39 is 0 Å². The molecule has 1 heterocycles. The second kappa shape index (κ2) is 4.22. The Morgan fingerprint density at radius 3 is 2.33 bits per heavy atom. The summed E-state index contributed by atoms with van der Waals surface area (Å²) >= 11 is 8.60. The summed E-state index contributed by atoms with van der Waals surface area (Å²) in [6.07, 6.45) is 0. The molecule has 1 nitrogen and oxygen atoms in total. The summed E-state index contributed by atoms with van der Waals surface area (Å²) in [5.74, 6) is 0.475. The van der Waals surface area contributed by atoms with Crippen LogP contribution in [0.4, 0.5) is 0 Å². The molecule has 68 valence electrons. The molecule has 0 saturated heterocycles. The number of hydrogen-bond acceptors (Lipinski definition) is 2. The average molecular weight is 313 g/mol. The van der Waals surface area contributed by atoms with E-state index in [-0.39, 0.29) is 6.04 Å². The molecule has 1 rings (SSSR count). The highest BCUT2D eigenvalue weighted by Gasteiger charge is 2.15.